The zero-order chi connectivity index (χ0) is 13.4. The monoisotopic (exact) mass is 272 g/mol. The molecule has 0 fully saturated rings. The van der Waals surface area contributed by atoms with Crippen molar-refractivity contribution >= 4 is 11.3 Å². The normalized spacial score (nSPS) is 15.4. The van der Waals surface area contributed by atoms with Crippen molar-refractivity contribution in [3.8, 4) is 0 Å². The van der Waals surface area contributed by atoms with Crippen LogP contribution in [0.1, 0.15) is 22.9 Å². The quantitative estimate of drug-likeness (QED) is 0.875. The van der Waals surface area contributed by atoms with E-state index in [0.717, 1.165) is 12.1 Å². The summed E-state index contributed by atoms with van der Waals surface area (Å²) in [5, 5.41) is 12.2. The van der Waals surface area contributed by atoms with Crippen LogP contribution in [0.5, 0.6) is 0 Å². The SMILES string of the molecule is CC(O)(c1ccc(C(F)(F)F)cc1)c1cccs1. The molecule has 0 aliphatic carbocycles. The minimum atomic E-state index is -4.35. The van der Waals surface area contributed by atoms with E-state index in [4.69, 9.17) is 0 Å². The Hall–Kier alpha value is -1.33. The molecule has 1 N–H and O–H groups in total. The fourth-order valence-corrected chi connectivity index (χ4v) is 2.49. The molecule has 0 aliphatic rings. The van der Waals surface area contributed by atoms with Gasteiger partial charge in [-0.15, -0.1) is 11.3 Å². The zero-order valence-corrected chi connectivity index (χ0v) is 10.3. The van der Waals surface area contributed by atoms with Crippen LogP contribution in [-0.2, 0) is 11.8 Å². The number of benzene rings is 1. The maximum atomic E-state index is 12.4. The van der Waals surface area contributed by atoms with Crippen LogP contribution in [0.4, 0.5) is 13.2 Å². The van der Waals surface area contributed by atoms with Crippen molar-refractivity contribution in [3.63, 3.8) is 0 Å². The first-order chi connectivity index (χ1) is 8.32. The molecule has 0 saturated carbocycles. The second-order valence-electron chi connectivity index (χ2n) is 4.12. The van der Waals surface area contributed by atoms with E-state index in [0.29, 0.717) is 10.4 Å². The van der Waals surface area contributed by atoms with Crippen LogP contribution >= 0.6 is 11.3 Å². The van der Waals surface area contributed by atoms with Gasteiger partial charge in [0.2, 0.25) is 0 Å². The summed E-state index contributed by atoms with van der Waals surface area (Å²) >= 11 is 1.36. The third-order valence-electron chi connectivity index (χ3n) is 2.78. The topological polar surface area (TPSA) is 20.2 Å². The molecule has 1 unspecified atom stereocenters. The van der Waals surface area contributed by atoms with Crippen LogP contribution in [0.25, 0.3) is 0 Å². The van der Waals surface area contributed by atoms with Crippen LogP contribution in [0.3, 0.4) is 0 Å². The van der Waals surface area contributed by atoms with E-state index in [9.17, 15) is 18.3 Å². The molecule has 0 amide bonds. The van der Waals surface area contributed by atoms with Gasteiger partial charge in [-0.2, -0.15) is 13.2 Å². The highest BCUT2D eigenvalue weighted by Crippen LogP contribution is 2.34. The smallest absolute Gasteiger partial charge is 0.380 e. The molecule has 2 rings (SSSR count). The largest absolute Gasteiger partial charge is 0.416 e. The van der Waals surface area contributed by atoms with Gasteiger partial charge in [0.15, 0.2) is 0 Å². The van der Waals surface area contributed by atoms with Gasteiger partial charge in [0.25, 0.3) is 0 Å². The average molecular weight is 272 g/mol. The highest BCUT2D eigenvalue weighted by molar-refractivity contribution is 7.10. The van der Waals surface area contributed by atoms with E-state index in [1.807, 2.05) is 5.38 Å². The van der Waals surface area contributed by atoms with E-state index in [1.54, 1.807) is 19.1 Å². The van der Waals surface area contributed by atoms with E-state index in [1.165, 1.54) is 23.5 Å². The van der Waals surface area contributed by atoms with Gasteiger partial charge < -0.3 is 5.11 Å². The molecule has 5 heteroatoms. The molecule has 18 heavy (non-hydrogen) atoms. The molecule has 0 spiro atoms. The van der Waals surface area contributed by atoms with Crippen molar-refractivity contribution in [2.75, 3.05) is 0 Å². The Morgan fingerprint density at radius 1 is 1.00 bits per heavy atom. The Balaban J connectivity index is 2.36. The minimum absolute atomic E-state index is 0.443. The van der Waals surface area contributed by atoms with Gasteiger partial charge in [-0.25, -0.2) is 0 Å². The molecular weight excluding hydrogens is 261 g/mol. The summed E-state index contributed by atoms with van der Waals surface area (Å²) in [5.41, 5.74) is -1.54. The number of hydrogen-bond acceptors (Lipinski definition) is 2. The van der Waals surface area contributed by atoms with Gasteiger partial charge in [-0.1, -0.05) is 18.2 Å². The molecule has 0 aliphatic heterocycles. The molecule has 0 saturated heterocycles. The second-order valence-corrected chi connectivity index (χ2v) is 5.07. The lowest BCUT2D eigenvalue weighted by atomic mass is 9.93. The summed E-state index contributed by atoms with van der Waals surface area (Å²) in [7, 11) is 0. The third-order valence-corrected chi connectivity index (χ3v) is 3.86. The summed E-state index contributed by atoms with van der Waals surface area (Å²) in [4.78, 5) is 0.697. The van der Waals surface area contributed by atoms with Crippen molar-refractivity contribution in [2.45, 2.75) is 18.7 Å². The molecule has 1 heterocycles. The Kier molecular flexibility index (Phi) is 3.21. The first kappa shape index (κ1) is 13.1. The Morgan fingerprint density at radius 2 is 1.56 bits per heavy atom. The number of hydrogen-bond donors (Lipinski definition) is 1. The molecule has 1 aromatic heterocycles. The van der Waals surface area contributed by atoms with Crippen molar-refractivity contribution in [1.29, 1.82) is 0 Å². The van der Waals surface area contributed by atoms with Crippen LogP contribution in [0.2, 0.25) is 0 Å². The van der Waals surface area contributed by atoms with Gasteiger partial charge in [0.05, 0.1) is 5.56 Å². The third kappa shape index (κ3) is 2.42. The molecule has 96 valence electrons. The summed E-state index contributed by atoms with van der Waals surface area (Å²) < 4.78 is 37.3. The Morgan fingerprint density at radius 3 is 2.00 bits per heavy atom. The highest BCUT2D eigenvalue weighted by Gasteiger charge is 2.32. The molecule has 1 aromatic carbocycles. The average Bonchev–Trinajstić information content (AvgIpc) is 2.82. The maximum absolute atomic E-state index is 12.4. The molecule has 2 aromatic rings. The molecule has 1 atom stereocenters. The number of thiophene rings is 1. The van der Waals surface area contributed by atoms with Crippen molar-refractivity contribution < 1.29 is 18.3 Å². The fourth-order valence-electron chi connectivity index (χ4n) is 1.68. The van der Waals surface area contributed by atoms with Crippen LogP contribution in [0, 0.1) is 0 Å². The summed E-state index contributed by atoms with van der Waals surface area (Å²) in [6.45, 7) is 1.57. The van der Waals surface area contributed by atoms with Gasteiger partial charge in [-0.3, -0.25) is 0 Å². The predicted octanol–water partition coefficient (Wildman–Crippen LogP) is 4.02. The lowest BCUT2D eigenvalue weighted by Gasteiger charge is -2.23. The Bertz CT molecular complexity index is 512. The molecular formula is C13H11F3OS. The number of halogens is 3. The van der Waals surface area contributed by atoms with Crippen molar-refractivity contribution in [3.05, 3.63) is 57.8 Å². The summed E-state index contributed by atoms with van der Waals surface area (Å²) in [6, 6.07) is 8.13. The van der Waals surface area contributed by atoms with Crippen molar-refractivity contribution in [1.82, 2.24) is 0 Å². The van der Waals surface area contributed by atoms with Crippen molar-refractivity contribution in [2.24, 2.45) is 0 Å². The molecule has 0 bridgehead atoms. The van der Waals surface area contributed by atoms with E-state index >= 15 is 0 Å². The number of alkyl halides is 3. The lowest BCUT2D eigenvalue weighted by molar-refractivity contribution is -0.137. The van der Waals surface area contributed by atoms with Gasteiger partial charge in [0, 0.05) is 4.88 Å². The van der Waals surface area contributed by atoms with Crippen LogP contribution in [0.15, 0.2) is 41.8 Å². The zero-order valence-electron chi connectivity index (χ0n) is 9.53. The predicted molar refractivity (Wildman–Crippen MR) is 64.4 cm³/mol. The molecule has 1 nitrogen and oxygen atoms in total. The fraction of sp³-hybridized carbons (Fsp3) is 0.231. The molecule has 0 radical (unpaired) electrons. The standard InChI is InChI=1S/C13H11F3OS/c1-12(17,11-3-2-8-18-11)9-4-6-10(7-5-9)13(14,15)16/h2-8,17H,1H3. The van der Waals surface area contributed by atoms with Gasteiger partial charge >= 0.3 is 6.18 Å². The Labute approximate surface area is 107 Å². The summed E-state index contributed by atoms with van der Waals surface area (Å²) in [6.07, 6.45) is -4.35. The van der Waals surface area contributed by atoms with Crippen LogP contribution < -0.4 is 0 Å². The first-order valence-electron chi connectivity index (χ1n) is 5.26. The van der Waals surface area contributed by atoms with E-state index < -0.39 is 17.3 Å². The maximum Gasteiger partial charge on any atom is 0.416 e. The highest BCUT2D eigenvalue weighted by atomic mass is 32.1. The van der Waals surface area contributed by atoms with E-state index in [2.05, 4.69) is 0 Å². The van der Waals surface area contributed by atoms with Crippen LogP contribution in [-0.4, -0.2) is 5.11 Å². The summed E-state index contributed by atoms with van der Waals surface area (Å²) in [5.74, 6) is 0. The van der Waals surface area contributed by atoms with Gasteiger partial charge in [0.1, 0.15) is 5.60 Å². The first-order valence-corrected chi connectivity index (χ1v) is 6.14. The minimum Gasteiger partial charge on any atom is -0.380 e. The number of aliphatic hydroxyl groups is 1. The van der Waals surface area contributed by atoms with Gasteiger partial charge in [-0.05, 0) is 36.1 Å². The van der Waals surface area contributed by atoms with E-state index in [-0.39, 0.29) is 0 Å². The lowest BCUT2D eigenvalue weighted by Crippen LogP contribution is -2.21. The second kappa shape index (κ2) is 4.40. The number of rotatable bonds is 2.